The van der Waals surface area contributed by atoms with Gasteiger partial charge >= 0.3 is 0 Å². The Morgan fingerprint density at radius 2 is 1.94 bits per heavy atom. The van der Waals surface area contributed by atoms with Crippen molar-refractivity contribution in [2.75, 3.05) is 5.32 Å². The fourth-order valence-corrected chi connectivity index (χ4v) is 1.89. The zero-order valence-corrected chi connectivity index (χ0v) is 11.0. The van der Waals surface area contributed by atoms with E-state index in [4.69, 9.17) is 11.6 Å². The first-order valence-corrected chi connectivity index (χ1v) is 5.98. The molecule has 4 heteroatoms. The Balaban J connectivity index is 2.31. The monoisotopic (exact) mass is 296 g/mol. The van der Waals surface area contributed by atoms with Crippen LogP contribution in [0.2, 0.25) is 5.15 Å². The number of pyridine rings is 1. The lowest BCUT2D eigenvalue weighted by Gasteiger charge is -2.09. The van der Waals surface area contributed by atoms with Gasteiger partial charge in [0.15, 0.2) is 0 Å². The van der Waals surface area contributed by atoms with E-state index in [1.54, 1.807) is 6.07 Å². The third kappa shape index (κ3) is 2.54. The minimum absolute atomic E-state index is 0.484. The van der Waals surface area contributed by atoms with Crippen LogP contribution in [0.15, 0.2) is 40.9 Å². The first kappa shape index (κ1) is 11.4. The van der Waals surface area contributed by atoms with Gasteiger partial charge in [-0.05, 0) is 36.8 Å². The Labute approximate surface area is 108 Å². The minimum Gasteiger partial charge on any atom is -0.340 e. The smallest absolute Gasteiger partial charge is 0.132 e. The van der Waals surface area contributed by atoms with Crippen molar-refractivity contribution in [1.82, 2.24) is 4.98 Å². The first-order valence-electron chi connectivity index (χ1n) is 4.81. The van der Waals surface area contributed by atoms with Gasteiger partial charge in [-0.1, -0.05) is 39.7 Å². The average molecular weight is 298 g/mol. The van der Waals surface area contributed by atoms with Crippen molar-refractivity contribution in [3.05, 3.63) is 51.6 Å². The van der Waals surface area contributed by atoms with Gasteiger partial charge in [0, 0.05) is 10.2 Å². The van der Waals surface area contributed by atoms with Crippen LogP contribution in [0, 0.1) is 6.92 Å². The van der Waals surface area contributed by atoms with Gasteiger partial charge in [-0.3, -0.25) is 0 Å². The molecule has 1 heterocycles. The Kier molecular flexibility index (Phi) is 3.46. The summed E-state index contributed by atoms with van der Waals surface area (Å²) in [5, 5.41) is 3.71. The number of nitrogens with one attached hydrogen (secondary N) is 1. The highest BCUT2D eigenvalue weighted by molar-refractivity contribution is 9.10. The maximum absolute atomic E-state index is 5.82. The average Bonchev–Trinajstić information content (AvgIpc) is 2.25. The molecule has 0 aliphatic carbocycles. The van der Waals surface area contributed by atoms with Crippen LogP contribution in [0.25, 0.3) is 0 Å². The second-order valence-corrected chi connectivity index (χ2v) is 4.62. The predicted molar refractivity (Wildman–Crippen MR) is 71.4 cm³/mol. The van der Waals surface area contributed by atoms with Gasteiger partial charge in [-0.2, -0.15) is 0 Å². The van der Waals surface area contributed by atoms with E-state index >= 15 is 0 Å². The molecule has 2 nitrogen and oxygen atoms in total. The zero-order chi connectivity index (χ0) is 11.5. The number of aromatic nitrogens is 1. The second kappa shape index (κ2) is 4.85. The van der Waals surface area contributed by atoms with Gasteiger partial charge in [-0.15, -0.1) is 0 Å². The van der Waals surface area contributed by atoms with E-state index in [0.717, 1.165) is 21.5 Å². The van der Waals surface area contributed by atoms with E-state index in [9.17, 15) is 0 Å². The zero-order valence-electron chi connectivity index (χ0n) is 8.67. The lowest BCUT2D eigenvalue weighted by Crippen LogP contribution is -1.95. The molecule has 0 atom stereocenters. The van der Waals surface area contributed by atoms with E-state index in [2.05, 4.69) is 26.2 Å². The summed E-state index contributed by atoms with van der Waals surface area (Å²) < 4.78 is 1.07. The standard InChI is InChI=1S/C12H10BrClN2/c1-8-9(13)4-2-5-10(8)15-12-7-3-6-11(14)16-12/h2-7H,1H3,(H,15,16). The highest BCUT2D eigenvalue weighted by atomic mass is 79.9. The Morgan fingerprint density at radius 1 is 1.19 bits per heavy atom. The third-order valence-corrected chi connectivity index (χ3v) is 3.32. The molecule has 1 N–H and O–H groups in total. The first-order chi connectivity index (χ1) is 7.66. The molecule has 0 amide bonds. The molecule has 82 valence electrons. The number of benzene rings is 1. The SMILES string of the molecule is Cc1c(Br)cccc1Nc1cccc(Cl)n1. The van der Waals surface area contributed by atoms with Crippen molar-refractivity contribution in [3.8, 4) is 0 Å². The van der Waals surface area contributed by atoms with Crippen molar-refractivity contribution in [1.29, 1.82) is 0 Å². The molecular formula is C12H10BrClN2. The van der Waals surface area contributed by atoms with Gasteiger partial charge < -0.3 is 5.32 Å². The molecule has 0 saturated carbocycles. The van der Waals surface area contributed by atoms with Crippen LogP contribution in [-0.4, -0.2) is 4.98 Å². The van der Waals surface area contributed by atoms with Crippen molar-refractivity contribution in [3.63, 3.8) is 0 Å². The van der Waals surface area contributed by atoms with Crippen molar-refractivity contribution in [2.45, 2.75) is 6.92 Å². The lowest BCUT2D eigenvalue weighted by atomic mass is 10.2. The summed E-state index contributed by atoms with van der Waals surface area (Å²) in [7, 11) is 0. The Hall–Kier alpha value is -1.06. The molecule has 0 unspecified atom stereocenters. The molecule has 0 spiro atoms. The topological polar surface area (TPSA) is 24.9 Å². The van der Waals surface area contributed by atoms with Crippen molar-refractivity contribution in [2.24, 2.45) is 0 Å². The number of rotatable bonds is 2. The van der Waals surface area contributed by atoms with Crippen LogP contribution in [-0.2, 0) is 0 Å². The molecule has 1 aromatic heterocycles. The molecule has 0 aliphatic rings. The van der Waals surface area contributed by atoms with Crippen LogP contribution in [0.1, 0.15) is 5.56 Å². The van der Waals surface area contributed by atoms with Crippen LogP contribution < -0.4 is 5.32 Å². The molecule has 0 bridgehead atoms. The van der Waals surface area contributed by atoms with E-state index in [1.807, 2.05) is 37.3 Å². The predicted octanol–water partition coefficient (Wildman–Crippen LogP) is 4.55. The highest BCUT2D eigenvalue weighted by Crippen LogP contribution is 2.26. The van der Waals surface area contributed by atoms with Gasteiger partial charge in [0.2, 0.25) is 0 Å². The normalized spacial score (nSPS) is 10.2. The Morgan fingerprint density at radius 3 is 2.69 bits per heavy atom. The number of nitrogens with zero attached hydrogens (tertiary/aromatic N) is 1. The van der Waals surface area contributed by atoms with Crippen LogP contribution in [0.5, 0.6) is 0 Å². The summed E-state index contributed by atoms with van der Waals surface area (Å²) in [6, 6.07) is 11.5. The van der Waals surface area contributed by atoms with E-state index < -0.39 is 0 Å². The molecule has 0 radical (unpaired) electrons. The summed E-state index contributed by atoms with van der Waals surface area (Å²) in [5.41, 5.74) is 2.16. The molecule has 0 fully saturated rings. The summed E-state index contributed by atoms with van der Waals surface area (Å²) in [4.78, 5) is 4.18. The maximum Gasteiger partial charge on any atom is 0.132 e. The Bertz CT molecular complexity index is 514. The molecular weight excluding hydrogens is 288 g/mol. The van der Waals surface area contributed by atoms with Gasteiger partial charge in [0.25, 0.3) is 0 Å². The summed E-state index contributed by atoms with van der Waals surface area (Å²) in [6.45, 7) is 2.04. The van der Waals surface area contributed by atoms with Crippen molar-refractivity contribution < 1.29 is 0 Å². The quantitative estimate of drug-likeness (QED) is 0.823. The highest BCUT2D eigenvalue weighted by Gasteiger charge is 2.02. The van der Waals surface area contributed by atoms with Crippen LogP contribution in [0.4, 0.5) is 11.5 Å². The largest absolute Gasteiger partial charge is 0.340 e. The summed E-state index contributed by atoms with van der Waals surface area (Å²) in [5.74, 6) is 0.744. The maximum atomic E-state index is 5.82. The van der Waals surface area contributed by atoms with Gasteiger partial charge in [0.1, 0.15) is 11.0 Å². The lowest BCUT2D eigenvalue weighted by molar-refractivity contribution is 1.29. The van der Waals surface area contributed by atoms with E-state index in [1.165, 1.54) is 0 Å². The number of anilines is 2. The number of hydrogen-bond acceptors (Lipinski definition) is 2. The number of hydrogen-bond donors (Lipinski definition) is 1. The van der Waals surface area contributed by atoms with E-state index in [0.29, 0.717) is 5.15 Å². The fourth-order valence-electron chi connectivity index (χ4n) is 1.36. The molecule has 1 aromatic carbocycles. The molecule has 0 saturated heterocycles. The van der Waals surface area contributed by atoms with Crippen LogP contribution >= 0.6 is 27.5 Å². The molecule has 0 aliphatic heterocycles. The third-order valence-electron chi connectivity index (χ3n) is 2.25. The van der Waals surface area contributed by atoms with E-state index in [-0.39, 0.29) is 0 Å². The molecule has 2 aromatic rings. The molecule has 16 heavy (non-hydrogen) atoms. The number of halogens is 2. The summed E-state index contributed by atoms with van der Waals surface area (Å²) >= 11 is 9.31. The van der Waals surface area contributed by atoms with Crippen molar-refractivity contribution >= 4 is 39.0 Å². The van der Waals surface area contributed by atoms with Gasteiger partial charge in [0.05, 0.1) is 0 Å². The van der Waals surface area contributed by atoms with Gasteiger partial charge in [-0.25, -0.2) is 4.98 Å². The minimum atomic E-state index is 0.484. The fraction of sp³-hybridized carbons (Fsp3) is 0.0833. The second-order valence-electron chi connectivity index (χ2n) is 3.38. The molecule has 2 rings (SSSR count). The summed E-state index contributed by atoms with van der Waals surface area (Å²) in [6.07, 6.45) is 0. The van der Waals surface area contributed by atoms with Crippen LogP contribution in [0.3, 0.4) is 0 Å².